The number of hydrogen-bond donors (Lipinski definition) is 1. The number of alkyl halides is 3. The SMILES string of the molecule is CS(=O)(=O)N(CC(=O)NC1CCCc2ccccc21)c1ccc(C(F)(F)F)cc1. The highest BCUT2D eigenvalue weighted by atomic mass is 32.2. The number of fused-ring (bicyclic) bond motifs is 1. The van der Waals surface area contributed by atoms with Crippen molar-refractivity contribution in [2.75, 3.05) is 17.1 Å². The number of nitrogens with one attached hydrogen (secondary N) is 1. The smallest absolute Gasteiger partial charge is 0.348 e. The van der Waals surface area contributed by atoms with E-state index in [0.717, 1.165) is 65.2 Å². The monoisotopic (exact) mass is 426 g/mol. The summed E-state index contributed by atoms with van der Waals surface area (Å²) in [5.41, 5.74) is 1.26. The van der Waals surface area contributed by atoms with Gasteiger partial charge in [0.2, 0.25) is 15.9 Å². The summed E-state index contributed by atoms with van der Waals surface area (Å²) in [6.45, 7) is -0.511. The van der Waals surface area contributed by atoms with E-state index < -0.39 is 34.2 Å². The zero-order valence-corrected chi connectivity index (χ0v) is 16.6. The molecule has 0 radical (unpaired) electrons. The van der Waals surface area contributed by atoms with Crippen LogP contribution in [0, 0.1) is 0 Å². The number of carbonyl (C=O) groups is 1. The Morgan fingerprint density at radius 1 is 1.14 bits per heavy atom. The van der Waals surface area contributed by atoms with Crippen molar-refractivity contribution in [1.29, 1.82) is 0 Å². The Morgan fingerprint density at radius 2 is 1.79 bits per heavy atom. The molecule has 0 aromatic heterocycles. The minimum atomic E-state index is -4.53. The van der Waals surface area contributed by atoms with E-state index in [-0.39, 0.29) is 11.7 Å². The van der Waals surface area contributed by atoms with E-state index in [1.54, 1.807) is 0 Å². The number of hydrogen-bond acceptors (Lipinski definition) is 3. The van der Waals surface area contributed by atoms with Gasteiger partial charge in [-0.25, -0.2) is 8.42 Å². The second-order valence-corrected chi connectivity index (χ2v) is 8.93. The molecule has 9 heteroatoms. The van der Waals surface area contributed by atoms with E-state index in [1.807, 2.05) is 24.3 Å². The van der Waals surface area contributed by atoms with Crippen LogP contribution in [0.5, 0.6) is 0 Å². The highest BCUT2D eigenvalue weighted by Gasteiger charge is 2.31. The van der Waals surface area contributed by atoms with Crippen LogP contribution in [0.15, 0.2) is 48.5 Å². The molecule has 1 amide bonds. The first-order valence-electron chi connectivity index (χ1n) is 9.08. The molecular weight excluding hydrogens is 405 g/mol. The van der Waals surface area contributed by atoms with Crippen LogP contribution in [0.1, 0.15) is 35.6 Å². The van der Waals surface area contributed by atoms with Gasteiger partial charge in [0, 0.05) is 0 Å². The quantitative estimate of drug-likeness (QED) is 0.794. The second kappa shape index (κ2) is 8.06. The maximum Gasteiger partial charge on any atom is 0.416 e. The molecule has 0 spiro atoms. The third kappa shape index (κ3) is 5.09. The minimum absolute atomic E-state index is 0.000283. The first kappa shape index (κ1) is 21.2. The van der Waals surface area contributed by atoms with E-state index in [1.165, 1.54) is 0 Å². The molecule has 1 aliphatic rings. The third-order valence-electron chi connectivity index (χ3n) is 4.87. The van der Waals surface area contributed by atoms with Crippen LogP contribution in [0.2, 0.25) is 0 Å². The van der Waals surface area contributed by atoms with E-state index >= 15 is 0 Å². The fraction of sp³-hybridized carbons (Fsp3) is 0.350. The Morgan fingerprint density at radius 3 is 2.41 bits per heavy atom. The van der Waals surface area contributed by atoms with Crippen LogP contribution in [0.3, 0.4) is 0 Å². The van der Waals surface area contributed by atoms with Crippen LogP contribution in [0.25, 0.3) is 0 Å². The fourth-order valence-corrected chi connectivity index (χ4v) is 4.35. The van der Waals surface area contributed by atoms with Crippen molar-refractivity contribution >= 4 is 21.6 Å². The van der Waals surface area contributed by atoms with Gasteiger partial charge in [-0.05, 0) is 54.7 Å². The summed E-state index contributed by atoms with van der Waals surface area (Å²) in [5.74, 6) is -0.517. The van der Waals surface area contributed by atoms with Gasteiger partial charge in [0.25, 0.3) is 0 Å². The number of nitrogens with zero attached hydrogens (tertiary/aromatic N) is 1. The second-order valence-electron chi connectivity index (χ2n) is 7.03. The highest BCUT2D eigenvalue weighted by molar-refractivity contribution is 7.92. The first-order valence-corrected chi connectivity index (χ1v) is 10.9. The first-order chi connectivity index (χ1) is 13.6. The molecule has 0 saturated carbocycles. The van der Waals surface area contributed by atoms with Crippen molar-refractivity contribution in [1.82, 2.24) is 5.32 Å². The molecule has 156 valence electrons. The van der Waals surface area contributed by atoms with Crippen molar-refractivity contribution in [3.05, 3.63) is 65.2 Å². The summed E-state index contributed by atoms with van der Waals surface area (Å²) in [5, 5.41) is 2.86. The highest BCUT2D eigenvalue weighted by Crippen LogP contribution is 2.31. The summed E-state index contributed by atoms with van der Waals surface area (Å²) in [6.07, 6.45) is -1.06. The van der Waals surface area contributed by atoms with E-state index in [0.29, 0.717) is 0 Å². The van der Waals surface area contributed by atoms with Crippen LogP contribution in [0.4, 0.5) is 18.9 Å². The van der Waals surface area contributed by atoms with Gasteiger partial charge in [0.05, 0.1) is 23.5 Å². The molecule has 29 heavy (non-hydrogen) atoms. The minimum Gasteiger partial charge on any atom is -0.348 e. The summed E-state index contributed by atoms with van der Waals surface area (Å²) in [6, 6.07) is 11.2. The lowest BCUT2D eigenvalue weighted by molar-refractivity contribution is -0.137. The predicted octanol–water partition coefficient (Wildman–Crippen LogP) is 3.67. The lowest BCUT2D eigenvalue weighted by atomic mass is 9.88. The summed E-state index contributed by atoms with van der Waals surface area (Å²) >= 11 is 0. The van der Waals surface area contributed by atoms with Crippen LogP contribution in [-0.4, -0.2) is 27.1 Å². The number of aryl methyl sites for hydroxylation is 1. The fourth-order valence-electron chi connectivity index (χ4n) is 3.49. The van der Waals surface area contributed by atoms with Gasteiger partial charge in [0.15, 0.2) is 0 Å². The van der Waals surface area contributed by atoms with Crippen LogP contribution >= 0.6 is 0 Å². The zero-order chi connectivity index (χ0) is 21.2. The Balaban J connectivity index is 1.77. The van der Waals surface area contributed by atoms with Crippen molar-refractivity contribution in [3.8, 4) is 0 Å². The van der Waals surface area contributed by atoms with Gasteiger partial charge in [-0.3, -0.25) is 9.10 Å². The van der Waals surface area contributed by atoms with Gasteiger partial charge < -0.3 is 5.32 Å². The topological polar surface area (TPSA) is 66.5 Å². The number of carbonyl (C=O) groups excluding carboxylic acids is 1. The molecule has 1 N–H and O–H groups in total. The molecule has 1 atom stereocenters. The number of amides is 1. The van der Waals surface area contributed by atoms with E-state index in [4.69, 9.17) is 0 Å². The van der Waals surface area contributed by atoms with Gasteiger partial charge >= 0.3 is 6.18 Å². The molecule has 0 bridgehead atoms. The zero-order valence-electron chi connectivity index (χ0n) is 15.7. The molecule has 3 rings (SSSR count). The average Bonchev–Trinajstić information content (AvgIpc) is 2.65. The molecule has 1 unspecified atom stereocenters. The average molecular weight is 426 g/mol. The van der Waals surface area contributed by atoms with Gasteiger partial charge in [-0.15, -0.1) is 0 Å². The van der Waals surface area contributed by atoms with Crippen molar-refractivity contribution in [2.45, 2.75) is 31.5 Å². The van der Waals surface area contributed by atoms with Gasteiger partial charge in [-0.2, -0.15) is 13.2 Å². The number of sulfonamides is 1. The van der Waals surface area contributed by atoms with Crippen molar-refractivity contribution in [3.63, 3.8) is 0 Å². The molecular formula is C20H21F3N2O3S. The van der Waals surface area contributed by atoms with E-state index in [2.05, 4.69) is 5.32 Å². The standard InChI is InChI=1S/C20H21F3N2O3S/c1-29(27,28)25(16-11-9-15(10-12-16)20(21,22)23)13-19(26)24-18-8-4-6-14-5-2-3-7-17(14)18/h2-3,5,7,9-12,18H,4,6,8,13H2,1H3,(H,24,26). The Kier molecular flexibility index (Phi) is 5.88. The number of rotatable bonds is 5. The van der Waals surface area contributed by atoms with Gasteiger partial charge in [-0.1, -0.05) is 24.3 Å². The summed E-state index contributed by atoms with van der Waals surface area (Å²) in [4.78, 5) is 12.6. The lowest BCUT2D eigenvalue weighted by Crippen LogP contribution is -2.42. The van der Waals surface area contributed by atoms with Crippen molar-refractivity contribution < 1.29 is 26.4 Å². The lowest BCUT2D eigenvalue weighted by Gasteiger charge is -2.28. The molecule has 0 saturated heterocycles. The van der Waals surface area contributed by atoms with Crippen LogP contribution < -0.4 is 9.62 Å². The molecule has 0 fully saturated rings. The molecule has 2 aromatic rings. The van der Waals surface area contributed by atoms with Crippen LogP contribution in [-0.2, 0) is 27.4 Å². The maximum atomic E-state index is 12.8. The third-order valence-corrected chi connectivity index (χ3v) is 6.02. The number of benzene rings is 2. The molecule has 1 aliphatic carbocycles. The molecule has 0 heterocycles. The maximum absolute atomic E-state index is 12.8. The Hall–Kier alpha value is -2.55. The Labute approximate surface area is 167 Å². The normalized spacial score (nSPS) is 16.8. The molecule has 5 nitrogen and oxygen atoms in total. The van der Waals surface area contributed by atoms with Crippen molar-refractivity contribution in [2.24, 2.45) is 0 Å². The van der Waals surface area contributed by atoms with Gasteiger partial charge in [0.1, 0.15) is 6.54 Å². The predicted molar refractivity (Wildman–Crippen MR) is 104 cm³/mol. The molecule has 2 aromatic carbocycles. The summed E-state index contributed by atoms with van der Waals surface area (Å²) < 4.78 is 63.4. The number of anilines is 1. The Bertz CT molecular complexity index is 989. The van der Waals surface area contributed by atoms with E-state index in [9.17, 15) is 26.4 Å². The summed E-state index contributed by atoms with van der Waals surface area (Å²) in [7, 11) is -3.87. The largest absolute Gasteiger partial charge is 0.416 e. The molecule has 0 aliphatic heterocycles. The number of halogens is 3.